The van der Waals surface area contributed by atoms with E-state index in [-0.39, 0.29) is 11.1 Å². The van der Waals surface area contributed by atoms with Crippen LogP contribution < -0.4 is 4.90 Å². The van der Waals surface area contributed by atoms with Crippen LogP contribution in [0, 0.1) is 5.82 Å². The molecule has 3 aromatic rings. The number of halogens is 2. The van der Waals surface area contributed by atoms with Crippen LogP contribution in [0.5, 0.6) is 0 Å². The highest BCUT2D eigenvalue weighted by molar-refractivity contribution is 7.17. The highest BCUT2D eigenvalue weighted by Crippen LogP contribution is 2.38. The van der Waals surface area contributed by atoms with Gasteiger partial charge in [0.25, 0.3) is 0 Å². The molecule has 0 saturated carbocycles. The number of nitrogens with zero attached hydrogens (tertiary/aromatic N) is 3. The van der Waals surface area contributed by atoms with Crippen molar-refractivity contribution in [2.45, 2.75) is 0 Å². The molecule has 0 aliphatic heterocycles. The molecule has 20 heavy (non-hydrogen) atoms. The third kappa shape index (κ3) is 2.23. The molecule has 0 aliphatic carbocycles. The van der Waals surface area contributed by atoms with E-state index in [2.05, 4.69) is 9.97 Å². The fourth-order valence-electron chi connectivity index (χ4n) is 2.06. The highest BCUT2D eigenvalue weighted by Gasteiger charge is 2.16. The summed E-state index contributed by atoms with van der Waals surface area (Å²) in [5.74, 6) is 0.515. The smallest absolute Gasteiger partial charge is 0.225 e. The van der Waals surface area contributed by atoms with E-state index >= 15 is 0 Å². The standard InChI is InChI=1S/C14H11ClFN3S/c1-19(2)12-11-10(8-3-5-9(16)6-4-8)7-20-13(11)18-14(15)17-12/h3-7H,1-2H3. The molecule has 102 valence electrons. The second kappa shape index (κ2) is 5.00. The SMILES string of the molecule is CN(C)c1nc(Cl)nc2scc(-c3ccc(F)cc3)c12. The van der Waals surface area contributed by atoms with Crippen LogP contribution in [-0.2, 0) is 0 Å². The minimum Gasteiger partial charge on any atom is -0.362 e. The molecule has 6 heteroatoms. The molecule has 2 aromatic heterocycles. The van der Waals surface area contributed by atoms with Crippen molar-refractivity contribution < 1.29 is 4.39 Å². The van der Waals surface area contributed by atoms with E-state index in [0.717, 1.165) is 27.2 Å². The van der Waals surface area contributed by atoms with Gasteiger partial charge in [0.15, 0.2) is 0 Å². The normalized spacial score (nSPS) is 11.0. The quantitative estimate of drug-likeness (QED) is 0.664. The maximum Gasteiger partial charge on any atom is 0.225 e. The number of anilines is 1. The first-order chi connectivity index (χ1) is 9.56. The topological polar surface area (TPSA) is 29.0 Å². The minimum absolute atomic E-state index is 0.230. The molecule has 0 N–H and O–H groups in total. The molecule has 0 bridgehead atoms. The Kier molecular flexibility index (Phi) is 3.31. The molecule has 0 unspecified atom stereocenters. The van der Waals surface area contributed by atoms with Gasteiger partial charge in [0.2, 0.25) is 5.28 Å². The average molecular weight is 308 g/mol. The Labute approximate surface area is 124 Å². The van der Waals surface area contributed by atoms with Crippen LogP contribution in [-0.4, -0.2) is 24.1 Å². The van der Waals surface area contributed by atoms with Crippen molar-refractivity contribution in [1.82, 2.24) is 9.97 Å². The molecule has 0 fully saturated rings. The molecular formula is C14H11ClFN3S. The minimum atomic E-state index is -0.250. The fraction of sp³-hybridized carbons (Fsp3) is 0.143. The van der Waals surface area contributed by atoms with Gasteiger partial charge in [0, 0.05) is 25.0 Å². The second-order valence-corrected chi connectivity index (χ2v) is 5.74. The Morgan fingerprint density at radius 1 is 1.15 bits per heavy atom. The lowest BCUT2D eigenvalue weighted by Crippen LogP contribution is -2.11. The summed E-state index contributed by atoms with van der Waals surface area (Å²) < 4.78 is 13.1. The number of thiophene rings is 1. The Morgan fingerprint density at radius 3 is 2.50 bits per heavy atom. The maximum absolute atomic E-state index is 13.1. The van der Waals surface area contributed by atoms with Gasteiger partial charge < -0.3 is 4.90 Å². The number of hydrogen-bond donors (Lipinski definition) is 0. The Hall–Kier alpha value is -1.72. The van der Waals surface area contributed by atoms with E-state index in [9.17, 15) is 4.39 Å². The predicted molar refractivity (Wildman–Crippen MR) is 82.1 cm³/mol. The Bertz CT molecular complexity index is 768. The number of aromatic nitrogens is 2. The van der Waals surface area contributed by atoms with Gasteiger partial charge in [-0.1, -0.05) is 12.1 Å². The van der Waals surface area contributed by atoms with Crippen LogP contribution in [0.15, 0.2) is 29.6 Å². The van der Waals surface area contributed by atoms with Crippen LogP contribution in [0.2, 0.25) is 5.28 Å². The van der Waals surface area contributed by atoms with Crippen molar-refractivity contribution in [2.24, 2.45) is 0 Å². The zero-order chi connectivity index (χ0) is 14.3. The first-order valence-corrected chi connectivity index (χ1v) is 7.20. The molecule has 2 heterocycles. The summed E-state index contributed by atoms with van der Waals surface area (Å²) in [7, 11) is 3.81. The van der Waals surface area contributed by atoms with Crippen LogP contribution in [0.1, 0.15) is 0 Å². The van der Waals surface area contributed by atoms with Gasteiger partial charge in [-0.3, -0.25) is 0 Å². The summed E-state index contributed by atoms with van der Waals surface area (Å²) in [4.78, 5) is 11.3. The summed E-state index contributed by atoms with van der Waals surface area (Å²) >= 11 is 7.45. The average Bonchev–Trinajstić information content (AvgIpc) is 2.82. The van der Waals surface area contributed by atoms with Crippen molar-refractivity contribution in [3.63, 3.8) is 0 Å². The lowest BCUT2D eigenvalue weighted by Gasteiger charge is -2.13. The van der Waals surface area contributed by atoms with E-state index in [1.54, 1.807) is 12.1 Å². The van der Waals surface area contributed by atoms with E-state index in [1.807, 2.05) is 24.4 Å². The van der Waals surface area contributed by atoms with Gasteiger partial charge in [0.05, 0.1) is 5.39 Å². The molecule has 0 amide bonds. The summed E-state index contributed by atoms with van der Waals surface area (Å²) in [6, 6.07) is 6.41. The number of rotatable bonds is 2. The van der Waals surface area contributed by atoms with E-state index < -0.39 is 0 Å². The van der Waals surface area contributed by atoms with E-state index in [0.29, 0.717) is 0 Å². The molecule has 0 spiro atoms. The third-order valence-corrected chi connectivity index (χ3v) is 4.01. The highest BCUT2D eigenvalue weighted by atomic mass is 35.5. The van der Waals surface area contributed by atoms with Gasteiger partial charge in [-0.05, 0) is 29.3 Å². The van der Waals surface area contributed by atoms with Gasteiger partial charge in [0.1, 0.15) is 16.5 Å². The number of hydrogen-bond acceptors (Lipinski definition) is 4. The van der Waals surface area contributed by atoms with Crippen molar-refractivity contribution >= 4 is 39.0 Å². The predicted octanol–water partition coefficient (Wildman–Crippen LogP) is 4.22. The van der Waals surface area contributed by atoms with Gasteiger partial charge >= 0.3 is 0 Å². The lowest BCUT2D eigenvalue weighted by atomic mass is 10.1. The second-order valence-electron chi connectivity index (χ2n) is 4.55. The van der Waals surface area contributed by atoms with Crippen LogP contribution in [0.3, 0.4) is 0 Å². The van der Waals surface area contributed by atoms with Gasteiger partial charge in [-0.25, -0.2) is 9.37 Å². The number of fused-ring (bicyclic) bond motifs is 1. The van der Waals surface area contributed by atoms with Crippen LogP contribution >= 0.6 is 22.9 Å². The van der Waals surface area contributed by atoms with Crippen LogP contribution in [0.25, 0.3) is 21.3 Å². The van der Waals surface area contributed by atoms with Crippen LogP contribution in [0.4, 0.5) is 10.2 Å². The summed E-state index contributed by atoms with van der Waals surface area (Å²) in [5, 5.41) is 3.17. The zero-order valence-corrected chi connectivity index (χ0v) is 12.5. The van der Waals surface area contributed by atoms with E-state index in [1.165, 1.54) is 23.5 Å². The molecule has 3 rings (SSSR count). The molecule has 0 atom stereocenters. The summed E-state index contributed by atoms with van der Waals surface area (Å²) in [5.41, 5.74) is 1.93. The first-order valence-electron chi connectivity index (χ1n) is 5.94. The van der Waals surface area contributed by atoms with Crippen molar-refractivity contribution in [1.29, 1.82) is 0 Å². The van der Waals surface area contributed by atoms with Crippen molar-refractivity contribution in [2.75, 3.05) is 19.0 Å². The molecule has 3 nitrogen and oxygen atoms in total. The van der Waals surface area contributed by atoms with Crippen molar-refractivity contribution in [3.05, 3.63) is 40.7 Å². The molecular weight excluding hydrogens is 297 g/mol. The van der Waals surface area contributed by atoms with Crippen molar-refractivity contribution in [3.8, 4) is 11.1 Å². The largest absolute Gasteiger partial charge is 0.362 e. The summed E-state index contributed by atoms with van der Waals surface area (Å²) in [6.45, 7) is 0. The monoisotopic (exact) mass is 307 g/mol. The Morgan fingerprint density at radius 2 is 1.85 bits per heavy atom. The third-order valence-electron chi connectivity index (χ3n) is 2.97. The molecule has 0 radical (unpaired) electrons. The molecule has 1 aromatic carbocycles. The summed E-state index contributed by atoms with van der Waals surface area (Å²) in [6.07, 6.45) is 0. The zero-order valence-electron chi connectivity index (χ0n) is 10.9. The Balaban J connectivity index is 2.29. The number of benzene rings is 1. The fourth-order valence-corrected chi connectivity index (χ4v) is 3.22. The van der Waals surface area contributed by atoms with E-state index in [4.69, 9.17) is 11.6 Å². The first kappa shape index (κ1) is 13.3. The molecule has 0 saturated heterocycles. The lowest BCUT2D eigenvalue weighted by molar-refractivity contribution is 0.628. The molecule has 0 aliphatic rings. The maximum atomic E-state index is 13.1. The van der Waals surface area contributed by atoms with Gasteiger partial charge in [-0.15, -0.1) is 11.3 Å². The van der Waals surface area contributed by atoms with Gasteiger partial charge in [-0.2, -0.15) is 4.98 Å².